The maximum absolute atomic E-state index is 12.0. The molecule has 0 spiro atoms. The van der Waals surface area contributed by atoms with Crippen molar-refractivity contribution in [1.29, 1.82) is 5.26 Å². The molecule has 1 aromatic rings. The highest BCUT2D eigenvalue weighted by Gasteiger charge is 2.14. The molecule has 1 aromatic carbocycles. The van der Waals surface area contributed by atoms with Gasteiger partial charge >= 0.3 is 0 Å². The summed E-state index contributed by atoms with van der Waals surface area (Å²) in [6.07, 6.45) is 2.03. The van der Waals surface area contributed by atoms with Gasteiger partial charge in [0.1, 0.15) is 0 Å². The molecule has 0 saturated carbocycles. The van der Waals surface area contributed by atoms with E-state index >= 15 is 0 Å². The minimum atomic E-state index is -3.33. The average molecular weight is 281 g/mol. The van der Waals surface area contributed by atoms with Crippen molar-refractivity contribution in [2.24, 2.45) is 0 Å². The lowest BCUT2D eigenvalue weighted by Crippen LogP contribution is -2.17. The van der Waals surface area contributed by atoms with Crippen LogP contribution in [0, 0.1) is 11.3 Å². The summed E-state index contributed by atoms with van der Waals surface area (Å²) in [5, 5.41) is 8.66. The van der Waals surface area contributed by atoms with E-state index in [-0.39, 0.29) is 23.4 Å². The predicted molar refractivity (Wildman–Crippen MR) is 73.5 cm³/mol. The quantitative estimate of drug-likeness (QED) is 0.770. The Morgan fingerprint density at radius 3 is 2.47 bits per heavy atom. The summed E-state index contributed by atoms with van der Waals surface area (Å²) < 4.78 is 29.5. The molecule has 0 fully saturated rings. The number of rotatable bonds is 7. The molecule has 104 valence electrons. The van der Waals surface area contributed by atoms with E-state index in [2.05, 4.69) is 6.92 Å². The minimum absolute atomic E-state index is 0.0348. The Kier molecular flexibility index (Phi) is 6.00. The van der Waals surface area contributed by atoms with Gasteiger partial charge in [0.2, 0.25) is 0 Å². The van der Waals surface area contributed by atoms with Gasteiger partial charge in [0.05, 0.1) is 35.0 Å². The van der Waals surface area contributed by atoms with Crippen LogP contribution in [0.2, 0.25) is 0 Å². The van der Waals surface area contributed by atoms with Crippen molar-refractivity contribution in [2.45, 2.75) is 37.7 Å². The lowest BCUT2D eigenvalue weighted by atomic mass is 10.2. The van der Waals surface area contributed by atoms with E-state index in [4.69, 9.17) is 10.00 Å². The van der Waals surface area contributed by atoms with Gasteiger partial charge in [-0.15, -0.1) is 0 Å². The Balaban J connectivity index is 2.58. The molecule has 0 radical (unpaired) electrons. The molecule has 0 amide bonds. The fraction of sp³-hybridized carbons (Fsp3) is 0.500. The second-order valence-corrected chi connectivity index (χ2v) is 6.53. The number of ether oxygens (including phenoxy) is 1. The molecule has 0 aliphatic carbocycles. The van der Waals surface area contributed by atoms with Gasteiger partial charge in [-0.2, -0.15) is 5.26 Å². The Bertz CT molecular complexity index is 529. The van der Waals surface area contributed by atoms with Crippen molar-refractivity contribution in [2.75, 3.05) is 12.4 Å². The first-order chi connectivity index (χ1) is 8.99. The van der Waals surface area contributed by atoms with Crippen LogP contribution in [0.5, 0.6) is 0 Å². The van der Waals surface area contributed by atoms with Gasteiger partial charge in [0, 0.05) is 0 Å². The highest BCUT2D eigenvalue weighted by Crippen LogP contribution is 2.12. The van der Waals surface area contributed by atoms with E-state index in [1.54, 1.807) is 0 Å². The molecule has 4 nitrogen and oxygen atoms in total. The van der Waals surface area contributed by atoms with E-state index in [1.165, 1.54) is 24.3 Å². The largest absolute Gasteiger partial charge is 0.377 e. The van der Waals surface area contributed by atoms with Gasteiger partial charge in [0.25, 0.3) is 0 Å². The predicted octanol–water partition coefficient (Wildman–Crippen LogP) is 2.54. The summed E-state index contributed by atoms with van der Waals surface area (Å²) in [5.74, 6) is -0.0348. The zero-order valence-corrected chi connectivity index (χ0v) is 12.1. The van der Waals surface area contributed by atoms with Crippen LogP contribution in [0.15, 0.2) is 29.2 Å². The Labute approximate surface area is 114 Å². The highest BCUT2D eigenvalue weighted by atomic mass is 32.2. The van der Waals surface area contributed by atoms with Crippen LogP contribution < -0.4 is 0 Å². The lowest BCUT2D eigenvalue weighted by Gasteiger charge is -2.12. The van der Waals surface area contributed by atoms with Crippen LogP contribution in [0.4, 0.5) is 0 Å². The summed E-state index contributed by atoms with van der Waals surface area (Å²) in [4.78, 5) is 0.234. The van der Waals surface area contributed by atoms with E-state index < -0.39 is 9.84 Å². The smallest absolute Gasteiger partial charge is 0.180 e. The third kappa shape index (κ3) is 5.01. The zero-order valence-electron chi connectivity index (χ0n) is 11.3. The van der Waals surface area contributed by atoms with Crippen LogP contribution in [0.1, 0.15) is 32.3 Å². The van der Waals surface area contributed by atoms with Crippen LogP contribution >= 0.6 is 0 Å². The molecule has 1 unspecified atom stereocenters. The molecule has 0 aliphatic rings. The summed E-state index contributed by atoms with van der Waals surface area (Å²) in [5.41, 5.74) is 0.451. The molecule has 0 N–H and O–H groups in total. The second kappa shape index (κ2) is 7.27. The van der Waals surface area contributed by atoms with Crippen molar-refractivity contribution in [3.63, 3.8) is 0 Å². The van der Waals surface area contributed by atoms with Crippen molar-refractivity contribution >= 4 is 9.84 Å². The van der Waals surface area contributed by atoms with Gasteiger partial charge in [-0.05, 0) is 37.6 Å². The average Bonchev–Trinajstić information content (AvgIpc) is 2.39. The Hall–Kier alpha value is -1.38. The van der Waals surface area contributed by atoms with Crippen molar-refractivity contribution in [1.82, 2.24) is 0 Å². The number of sulfone groups is 1. The van der Waals surface area contributed by atoms with E-state index in [9.17, 15) is 8.42 Å². The number of hydrogen-bond acceptors (Lipinski definition) is 4. The first kappa shape index (κ1) is 15.7. The topological polar surface area (TPSA) is 67.2 Å². The fourth-order valence-corrected chi connectivity index (χ4v) is 2.81. The normalized spacial score (nSPS) is 12.9. The van der Waals surface area contributed by atoms with E-state index in [1.807, 2.05) is 13.0 Å². The van der Waals surface area contributed by atoms with Crippen LogP contribution in [-0.4, -0.2) is 26.9 Å². The monoisotopic (exact) mass is 281 g/mol. The van der Waals surface area contributed by atoms with Crippen LogP contribution in [-0.2, 0) is 14.6 Å². The molecule has 0 aromatic heterocycles. The molecular formula is C14H19NO3S. The van der Waals surface area contributed by atoms with Crippen LogP contribution in [0.25, 0.3) is 0 Å². The van der Waals surface area contributed by atoms with Gasteiger partial charge in [0.15, 0.2) is 9.84 Å². The van der Waals surface area contributed by atoms with Gasteiger partial charge in [-0.3, -0.25) is 0 Å². The van der Waals surface area contributed by atoms with Crippen molar-refractivity contribution in [3.05, 3.63) is 29.8 Å². The SMILES string of the molecule is CCCC(C)OCCS(=O)(=O)c1ccc(C#N)cc1. The number of nitriles is 1. The number of benzene rings is 1. The first-order valence-electron chi connectivity index (χ1n) is 6.34. The van der Waals surface area contributed by atoms with Gasteiger partial charge in [-0.25, -0.2) is 8.42 Å². The summed E-state index contributed by atoms with van der Waals surface area (Å²) in [6.45, 7) is 4.20. The summed E-state index contributed by atoms with van der Waals surface area (Å²) in [7, 11) is -3.33. The highest BCUT2D eigenvalue weighted by molar-refractivity contribution is 7.91. The van der Waals surface area contributed by atoms with Crippen LogP contribution in [0.3, 0.4) is 0 Å². The molecule has 0 saturated heterocycles. The molecular weight excluding hydrogens is 262 g/mol. The molecule has 0 bridgehead atoms. The lowest BCUT2D eigenvalue weighted by molar-refractivity contribution is 0.0711. The first-order valence-corrected chi connectivity index (χ1v) is 7.99. The number of hydrogen-bond donors (Lipinski definition) is 0. The Morgan fingerprint density at radius 1 is 1.32 bits per heavy atom. The minimum Gasteiger partial charge on any atom is -0.377 e. The zero-order chi connectivity index (χ0) is 14.3. The molecule has 19 heavy (non-hydrogen) atoms. The fourth-order valence-electron chi connectivity index (χ4n) is 1.70. The maximum Gasteiger partial charge on any atom is 0.180 e. The van der Waals surface area contributed by atoms with E-state index in [0.717, 1.165) is 12.8 Å². The van der Waals surface area contributed by atoms with Gasteiger partial charge in [-0.1, -0.05) is 13.3 Å². The maximum atomic E-state index is 12.0. The summed E-state index contributed by atoms with van der Waals surface area (Å²) in [6, 6.07) is 7.90. The van der Waals surface area contributed by atoms with E-state index in [0.29, 0.717) is 5.56 Å². The van der Waals surface area contributed by atoms with Crippen molar-refractivity contribution in [3.8, 4) is 6.07 Å². The van der Waals surface area contributed by atoms with Gasteiger partial charge < -0.3 is 4.74 Å². The molecule has 0 heterocycles. The third-order valence-corrected chi connectivity index (χ3v) is 4.49. The second-order valence-electron chi connectivity index (χ2n) is 4.43. The molecule has 1 rings (SSSR count). The molecule has 1 atom stereocenters. The Morgan fingerprint density at radius 2 is 1.95 bits per heavy atom. The van der Waals surface area contributed by atoms with Crippen molar-refractivity contribution < 1.29 is 13.2 Å². The summed E-state index contributed by atoms with van der Waals surface area (Å²) >= 11 is 0. The third-order valence-electron chi connectivity index (χ3n) is 2.79. The number of nitrogens with zero attached hydrogens (tertiary/aromatic N) is 1. The molecule has 0 aliphatic heterocycles. The molecule has 5 heteroatoms. The standard InChI is InChI=1S/C14H19NO3S/c1-3-4-12(2)18-9-10-19(16,17)14-7-5-13(11-15)6-8-14/h5-8,12H,3-4,9-10H2,1-2H3.